The maximum Gasteiger partial charge on any atom is 0.258 e. The van der Waals surface area contributed by atoms with Gasteiger partial charge in [0.2, 0.25) is 0 Å². The minimum absolute atomic E-state index is 0. The van der Waals surface area contributed by atoms with E-state index in [0.717, 1.165) is 12.1 Å². The highest BCUT2D eigenvalue weighted by atomic mass is 35.5. The molecule has 1 saturated carbocycles. The highest BCUT2D eigenvalue weighted by Crippen LogP contribution is 2.39. The summed E-state index contributed by atoms with van der Waals surface area (Å²) in [6.45, 7) is 0. The monoisotopic (exact) mass is 302 g/mol. The lowest BCUT2D eigenvalue weighted by Crippen LogP contribution is -2.26. The molecule has 2 aromatic carbocycles. The molecular formula is C17H19ClN2O. The summed E-state index contributed by atoms with van der Waals surface area (Å²) in [5.74, 6) is 0.428. The molecular weight excluding hydrogens is 284 g/mol. The first kappa shape index (κ1) is 15.5. The Labute approximate surface area is 131 Å². The Balaban J connectivity index is 0.00000161. The molecule has 0 aliphatic heterocycles. The maximum atomic E-state index is 12.5. The number of nitrogens with two attached hydrogens (primary N) is 1. The van der Waals surface area contributed by atoms with Gasteiger partial charge in [-0.25, -0.2) is 0 Å². The first-order chi connectivity index (χ1) is 9.66. The van der Waals surface area contributed by atoms with Crippen molar-refractivity contribution >= 4 is 24.0 Å². The number of rotatable bonds is 3. The molecule has 1 aliphatic carbocycles. The lowest BCUT2D eigenvalue weighted by atomic mass is 10.1. The summed E-state index contributed by atoms with van der Waals surface area (Å²) in [7, 11) is 1.80. The Morgan fingerprint density at radius 3 is 2.43 bits per heavy atom. The first-order valence-electron chi connectivity index (χ1n) is 6.85. The number of amides is 1. The van der Waals surface area contributed by atoms with E-state index in [-0.39, 0.29) is 24.4 Å². The maximum absolute atomic E-state index is 12.5. The molecule has 0 heterocycles. The minimum atomic E-state index is 0. The number of carbonyl (C=O) groups is 1. The van der Waals surface area contributed by atoms with Crippen LogP contribution >= 0.6 is 12.4 Å². The average molecular weight is 303 g/mol. The smallest absolute Gasteiger partial charge is 0.258 e. The van der Waals surface area contributed by atoms with Crippen molar-refractivity contribution in [1.82, 2.24) is 0 Å². The van der Waals surface area contributed by atoms with Crippen molar-refractivity contribution < 1.29 is 4.79 Å². The van der Waals surface area contributed by atoms with Crippen LogP contribution in [0.5, 0.6) is 0 Å². The Kier molecular flexibility index (Phi) is 4.66. The summed E-state index contributed by atoms with van der Waals surface area (Å²) in [6.07, 6.45) is 1.02. The molecule has 2 unspecified atom stereocenters. The van der Waals surface area contributed by atoms with Crippen LogP contribution in [0.15, 0.2) is 54.6 Å². The number of hydrogen-bond acceptors (Lipinski definition) is 2. The standard InChI is InChI=1S/C17H18N2O.ClH/c1-19(14-8-3-2-4-9-14)17(20)13-7-5-6-12(10-13)15-11-16(15)18;/h2-10,15-16H,11,18H2,1H3;1H. The van der Waals surface area contributed by atoms with E-state index in [4.69, 9.17) is 5.73 Å². The minimum Gasteiger partial charge on any atom is -0.327 e. The third-order valence-electron chi connectivity index (χ3n) is 3.85. The molecule has 0 aromatic heterocycles. The number of carbonyl (C=O) groups excluding carboxylic acids is 1. The predicted molar refractivity (Wildman–Crippen MR) is 88.2 cm³/mol. The van der Waals surface area contributed by atoms with E-state index in [1.807, 2.05) is 48.5 Å². The third-order valence-corrected chi connectivity index (χ3v) is 3.85. The summed E-state index contributed by atoms with van der Waals surface area (Å²) in [5.41, 5.74) is 8.66. The Bertz CT molecular complexity index is 630. The van der Waals surface area contributed by atoms with E-state index in [0.29, 0.717) is 11.5 Å². The Hall–Kier alpha value is -1.84. The fourth-order valence-corrected chi connectivity index (χ4v) is 2.46. The molecule has 1 aliphatic rings. The molecule has 110 valence electrons. The summed E-state index contributed by atoms with van der Waals surface area (Å²) in [5, 5.41) is 0. The molecule has 21 heavy (non-hydrogen) atoms. The molecule has 0 spiro atoms. The molecule has 0 radical (unpaired) electrons. The lowest BCUT2D eigenvalue weighted by Gasteiger charge is -2.17. The van der Waals surface area contributed by atoms with Crippen LogP contribution in [0.1, 0.15) is 28.3 Å². The molecule has 3 nitrogen and oxygen atoms in total. The molecule has 4 heteroatoms. The fourth-order valence-electron chi connectivity index (χ4n) is 2.46. The van der Waals surface area contributed by atoms with Crippen LogP contribution in [-0.2, 0) is 0 Å². The van der Waals surface area contributed by atoms with E-state index in [1.165, 1.54) is 5.56 Å². The van der Waals surface area contributed by atoms with Crippen LogP contribution in [0.2, 0.25) is 0 Å². The van der Waals surface area contributed by atoms with E-state index in [1.54, 1.807) is 11.9 Å². The number of para-hydroxylation sites is 1. The molecule has 2 aromatic rings. The van der Waals surface area contributed by atoms with Gasteiger partial charge in [0.15, 0.2) is 0 Å². The van der Waals surface area contributed by atoms with Crippen LogP contribution in [0, 0.1) is 0 Å². The van der Waals surface area contributed by atoms with Crippen LogP contribution in [0.25, 0.3) is 0 Å². The zero-order chi connectivity index (χ0) is 14.1. The van der Waals surface area contributed by atoms with Gasteiger partial charge in [-0.1, -0.05) is 30.3 Å². The van der Waals surface area contributed by atoms with Crippen molar-refractivity contribution in [2.24, 2.45) is 5.73 Å². The number of benzene rings is 2. The fraction of sp³-hybridized carbons (Fsp3) is 0.235. The van der Waals surface area contributed by atoms with Gasteiger partial charge in [-0.2, -0.15) is 0 Å². The number of anilines is 1. The zero-order valence-electron chi connectivity index (χ0n) is 11.9. The summed E-state index contributed by atoms with van der Waals surface area (Å²) >= 11 is 0. The molecule has 2 atom stereocenters. The van der Waals surface area contributed by atoms with Crippen molar-refractivity contribution in [2.75, 3.05) is 11.9 Å². The largest absolute Gasteiger partial charge is 0.327 e. The zero-order valence-corrected chi connectivity index (χ0v) is 12.7. The SMILES string of the molecule is CN(C(=O)c1cccc(C2CC2N)c1)c1ccccc1.Cl. The van der Waals surface area contributed by atoms with Crippen LogP contribution in [-0.4, -0.2) is 19.0 Å². The van der Waals surface area contributed by atoms with Gasteiger partial charge in [-0.05, 0) is 36.2 Å². The van der Waals surface area contributed by atoms with Gasteiger partial charge in [0, 0.05) is 30.3 Å². The molecule has 3 rings (SSSR count). The lowest BCUT2D eigenvalue weighted by molar-refractivity contribution is 0.0993. The van der Waals surface area contributed by atoms with Crippen LogP contribution in [0.3, 0.4) is 0 Å². The van der Waals surface area contributed by atoms with Gasteiger partial charge in [-0.15, -0.1) is 12.4 Å². The van der Waals surface area contributed by atoms with Gasteiger partial charge in [0.05, 0.1) is 0 Å². The second-order valence-electron chi connectivity index (χ2n) is 5.33. The highest BCUT2D eigenvalue weighted by Gasteiger charge is 2.35. The number of halogens is 1. The number of hydrogen-bond donors (Lipinski definition) is 1. The van der Waals surface area contributed by atoms with Crippen LogP contribution < -0.4 is 10.6 Å². The topological polar surface area (TPSA) is 46.3 Å². The first-order valence-corrected chi connectivity index (χ1v) is 6.85. The van der Waals surface area contributed by atoms with Crippen molar-refractivity contribution in [1.29, 1.82) is 0 Å². The normalized spacial score (nSPS) is 19.5. The number of nitrogens with zero attached hydrogens (tertiary/aromatic N) is 1. The van der Waals surface area contributed by atoms with Crippen molar-refractivity contribution in [3.63, 3.8) is 0 Å². The van der Waals surface area contributed by atoms with E-state index >= 15 is 0 Å². The van der Waals surface area contributed by atoms with Gasteiger partial charge in [-0.3, -0.25) is 4.79 Å². The van der Waals surface area contributed by atoms with Crippen molar-refractivity contribution in [3.8, 4) is 0 Å². The molecule has 0 saturated heterocycles. The van der Waals surface area contributed by atoms with Crippen LogP contribution in [0.4, 0.5) is 5.69 Å². The van der Waals surface area contributed by atoms with E-state index in [9.17, 15) is 4.79 Å². The quantitative estimate of drug-likeness (QED) is 0.946. The predicted octanol–water partition coefficient (Wildman–Crippen LogP) is 3.20. The van der Waals surface area contributed by atoms with E-state index in [2.05, 4.69) is 6.07 Å². The summed E-state index contributed by atoms with van der Waals surface area (Å²) in [4.78, 5) is 14.2. The molecule has 0 bridgehead atoms. The molecule has 2 N–H and O–H groups in total. The van der Waals surface area contributed by atoms with Gasteiger partial charge in [0.1, 0.15) is 0 Å². The second-order valence-corrected chi connectivity index (χ2v) is 5.33. The van der Waals surface area contributed by atoms with Gasteiger partial charge < -0.3 is 10.6 Å². The highest BCUT2D eigenvalue weighted by molar-refractivity contribution is 6.05. The second kappa shape index (κ2) is 6.29. The van der Waals surface area contributed by atoms with E-state index < -0.39 is 0 Å². The summed E-state index contributed by atoms with van der Waals surface area (Å²) in [6, 6.07) is 17.7. The van der Waals surface area contributed by atoms with Gasteiger partial charge >= 0.3 is 0 Å². The third kappa shape index (κ3) is 3.26. The molecule has 1 fully saturated rings. The Morgan fingerprint density at radius 2 is 1.81 bits per heavy atom. The summed E-state index contributed by atoms with van der Waals surface area (Å²) < 4.78 is 0. The molecule has 1 amide bonds. The Morgan fingerprint density at radius 1 is 1.14 bits per heavy atom. The van der Waals surface area contributed by atoms with Crippen molar-refractivity contribution in [3.05, 3.63) is 65.7 Å². The van der Waals surface area contributed by atoms with Crippen molar-refractivity contribution in [2.45, 2.75) is 18.4 Å². The average Bonchev–Trinajstić information content (AvgIpc) is 3.24. The van der Waals surface area contributed by atoms with Gasteiger partial charge in [0.25, 0.3) is 5.91 Å².